The van der Waals surface area contributed by atoms with Gasteiger partial charge in [0.15, 0.2) is 5.76 Å². The van der Waals surface area contributed by atoms with E-state index in [1.165, 1.54) is 35.1 Å². The lowest BCUT2D eigenvalue weighted by molar-refractivity contribution is 0.0828. The van der Waals surface area contributed by atoms with Crippen molar-refractivity contribution >= 4 is 5.91 Å². The maximum absolute atomic E-state index is 12.7. The lowest BCUT2D eigenvalue weighted by Crippen LogP contribution is -2.34. The third-order valence-electron chi connectivity index (χ3n) is 8.68. The molecule has 1 amide bonds. The van der Waals surface area contributed by atoms with Crippen LogP contribution in [0.1, 0.15) is 112 Å². The van der Waals surface area contributed by atoms with Crippen molar-refractivity contribution in [3.8, 4) is 0 Å². The molecule has 1 unspecified atom stereocenters. The minimum absolute atomic E-state index is 0.131. The number of nitrogens with one attached hydrogen (secondary N) is 1. The molecule has 1 aromatic heterocycles. The van der Waals surface area contributed by atoms with Crippen LogP contribution in [0.5, 0.6) is 0 Å². The van der Waals surface area contributed by atoms with E-state index in [1.807, 2.05) is 13.0 Å². The zero-order chi connectivity index (χ0) is 24.7. The van der Waals surface area contributed by atoms with Gasteiger partial charge in [-0.2, -0.15) is 0 Å². The normalized spacial score (nSPS) is 24.3. The topological polar surface area (TPSA) is 62.5 Å². The van der Waals surface area contributed by atoms with Crippen molar-refractivity contribution in [3.63, 3.8) is 0 Å². The van der Waals surface area contributed by atoms with Gasteiger partial charge in [-0.3, -0.25) is 4.79 Å². The number of benzene rings is 1. The highest BCUT2D eigenvalue weighted by Gasteiger charge is 2.37. The second-order valence-corrected chi connectivity index (χ2v) is 12.3. The van der Waals surface area contributed by atoms with E-state index in [1.54, 1.807) is 6.07 Å². The highest BCUT2D eigenvalue weighted by molar-refractivity contribution is 5.91. The molecule has 4 rings (SSSR count). The minimum atomic E-state index is -0.228. The van der Waals surface area contributed by atoms with E-state index in [0.717, 1.165) is 31.4 Å². The molecule has 2 aliphatic rings. The Morgan fingerprint density at radius 2 is 1.68 bits per heavy atom. The number of aryl methyl sites for hydroxylation is 1. The second-order valence-electron chi connectivity index (χ2n) is 12.3. The Morgan fingerprint density at radius 3 is 2.29 bits per heavy atom. The Labute approximate surface area is 205 Å². The molecule has 0 spiro atoms. The SMILES string of the molecule is Cc1cc2c(cc1Cc1ccc(C(=O)NCC3CCC(C(C)O)CC3)o1)C(C)(C)CCC2(C)C. The van der Waals surface area contributed by atoms with E-state index in [2.05, 4.69) is 52.1 Å². The lowest BCUT2D eigenvalue weighted by Gasteiger charge is -2.42. The van der Waals surface area contributed by atoms with Crippen LogP contribution in [-0.4, -0.2) is 23.7 Å². The maximum atomic E-state index is 12.7. The number of aliphatic hydroxyl groups excluding tert-OH is 1. The standard InChI is InChI=1S/C30H43NO3/c1-19-15-25-26(30(5,6)14-13-29(25,3)4)17-23(19)16-24-11-12-27(34-24)28(33)31-18-21-7-9-22(10-8-21)20(2)32/h11-12,15,17,20-22,32H,7-10,13-14,16,18H2,1-6H3,(H,31,33). The number of carbonyl (C=O) groups is 1. The molecule has 0 aliphatic heterocycles. The molecule has 186 valence electrons. The highest BCUT2D eigenvalue weighted by Crippen LogP contribution is 2.46. The van der Waals surface area contributed by atoms with Crippen molar-refractivity contribution in [1.29, 1.82) is 0 Å². The molecule has 1 saturated carbocycles. The number of rotatable bonds is 6. The minimum Gasteiger partial charge on any atom is -0.456 e. The van der Waals surface area contributed by atoms with Crippen molar-refractivity contribution in [1.82, 2.24) is 5.32 Å². The van der Waals surface area contributed by atoms with E-state index < -0.39 is 0 Å². The Kier molecular flexibility index (Phi) is 7.01. The molecule has 0 radical (unpaired) electrons. The van der Waals surface area contributed by atoms with Gasteiger partial charge < -0.3 is 14.8 Å². The summed E-state index contributed by atoms with van der Waals surface area (Å²) >= 11 is 0. The summed E-state index contributed by atoms with van der Waals surface area (Å²) in [5.74, 6) is 1.99. The lowest BCUT2D eigenvalue weighted by atomic mass is 9.62. The number of aliphatic hydroxyl groups is 1. The fourth-order valence-electron chi connectivity index (χ4n) is 5.94. The first-order valence-electron chi connectivity index (χ1n) is 13.2. The van der Waals surface area contributed by atoms with Crippen molar-refractivity contribution in [2.45, 2.75) is 103 Å². The Morgan fingerprint density at radius 1 is 1.06 bits per heavy atom. The number of hydrogen-bond acceptors (Lipinski definition) is 3. The van der Waals surface area contributed by atoms with Crippen molar-refractivity contribution in [3.05, 3.63) is 58.0 Å². The Balaban J connectivity index is 1.40. The summed E-state index contributed by atoms with van der Waals surface area (Å²) in [7, 11) is 0. The summed E-state index contributed by atoms with van der Waals surface area (Å²) in [5, 5.41) is 12.8. The number of amides is 1. The van der Waals surface area contributed by atoms with Crippen LogP contribution in [0.4, 0.5) is 0 Å². The largest absolute Gasteiger partial charge is 0.456 e. The van der Waals surface area contributed by atoms with E-state index in [9.17, 15) is 9.90 Å². The van der Waals surface area contributed by atoms with E-state index >= 15 is 0 Å². The summed E-state index contributed by atoms with van der Waals surface area (Å²) in [4.78, 5) is 12.7. The van der Waals surface area contributed by atoms with Crippen molar-refractivity contribution in [2.75, 3.05) is 6.54 Å². The quantitative estimate of drug-likeness (QED) is 0.516. The molecule has 1 atom stereocenters. The molecule has 1 fully saturated rings. The Hall–Kier alpha value is -2.07. The highest BCUT2D eigenvalue weighted by atomic mass is 16.3. The van der Waals surface area contributed by atoms with Crippen LogP contribution >= 0.6 is 0 Å². The summed E-state index contributed by atoms with van der Waals surface area (Å²) in [6, 6.07) is 8.51. The van der Waals surface area contributed by atoms with Crippen LogP contribution in [0, 0.1) is 18.8 Å². The first kappa shape index (κ1) is 25.0. The molecular weight excluding hydrogens is 422 g/mol. The van der Waals surface area contributed by atoms with Gasteiger partial charge in [-0.1, -0.05) is 39.8 Å². The Bertz CT molecular complexity index is 1020. The number of furan rings is 1. The second kappa shape index (κ2) is 9.53. The van der Waals surface area contributed by atoms with Gasteiger partial charge in [-0.15, -0.1) is 0 Å². The molecule has 1 heterocycles. The average molecular weight is 466 g/mol. The third kappa shape index (κ3) is 5.27. The fraction of sp³-hybridized carbons (Fsp3) is 0.633. The zero-order valence-corrected chi connectivity index (χ0v) is 22.0. The molecule has 0 bridgehead atoms. The van der Waals surface area contributed by atoms with Crippen molar-refractivity contribution < 1.29 is 14.3 Å². The average Bonchev–Trinajstić information content (AvgIpc) is 3.25. The molecule has 0 saturated heterocycles. The van der Waals surface area contributed by atoms with Crippen LogP contribution in [0.15, 0.2) is 28.7 Å². The van der Waals surface area contributed by atoms with Gasteiger partial charge >= 0.3 is 0 Å². The molecule has 2 aromatic rings. The van der Waals surface area contributed by atoms with E-state index in [0.29, 0.717) is 30.6 Å². The first-order valence-corrected chi connectivity index (χ1v) is 13.2. The van der Waals surface area contributed by atoms with E-state index in [-0.39, 0.29) is 22.8 Å². The van der Waals surface area contributed by atoms with Gasteiger partial charge in [0.05, 0.1) is 6.10 Å². The third-order valence-corrected chi connectivity index (χ3v) is 8.68. The first-order chi connectivity index (χ1) is 16.0. The van der Waals surface area contributed by atoms with Gasteiger partial charge in [-0.05, 0) is 109 Å². The summed E-state index contributed by atoms with van der Waals surface area (Å²) in [6.45, 7) is 14.2. The monoisotopic (exact) mass is 465 g/mol. The predicted molar refractivity (Wildman–Crippen MR) is 137 cm³/mol. The summed E-state index contributed by atoms with van der Waals surface area (Å²) in [5.41, 5.74) is 5.89. The van der Waals surface area contributed by atoms with Crippen LogP contribution in [0.3, 0.4) is 0 Å². The fourth-order valence-corrected chi connectivity index (χ4v) is 5.94. The van der Waals surface area contributed by atoms with Gasteiger partial charge in [0.1, 0.15) is 5.76 Å². The van der Waals surface area contributed by atoms with Crippen LogP contribution in [0.2, 0.25) is 0 Å². The van der Waals surface area contributed by atoms with Gasteiger partial charge in [0.2, 0.25) is 0 Å². The molecule has 4 nitrogen and oxygen atoms in total. The van der Waals surface area contributed by atoms with Gasteiger partial charge in [0, 0.05) is 13.0 Å². The molecule has 1 aromatic carbocycles. The van der Waals surface area contributed by atoms with Gasteiger partial charge in [0.25, 0.3) is 5.91 Å². The maximum Gasteiger partial charge on any atom is 0.287 e. The van der Waals surface area contributed by atoms with Crippen LogP contribution in [0.25, 0.3) is 0 Å². The molecular formula is C30H43NO3. The van der Waals surface area contributed by atoms with Crippen LogP contribution in [-0.2, 0) is 17.3 Å². The molecule has 2 aliphatic carbocycles. The zero-order valence-electron chi connectivity index (χ0n) is 22.0. The predicted octanol–water partition coefficient (Wildman–Crippen LogP) is 6.44. The molecule has 2 N–H and O–H groups in total. The van der Waals surface area contributed by atoms with E-state index in [4.69, 9.17) is 4.42 Å². The molecule has 4 heteroatoms. The smallest absolute Gasteiger partial charge is 0.287 e. The van der Waals surface area contributed by atoms with Crippen LogP contribution < -0.4 is 5.32 Å². The summed E-state index contributed by atoms with van der Waals surface area (Å²) < 4.78 is 5.98. The number of hydrogen-bond donors (Lipinski definition) is 2. The van der Waals surface area contributed by atoms with Crippen molar-refractivity contribution in [2.24, 2.45) is 11.8 Å². The molecule has 34 heavy (non-hydrogen) atoms. The van der Waals surface area contributed by atoms with Gasteiger partial charge in [-0.25, -0.2) is 0 Å². The number of fused-ring (bicyclic) bond motifs is 1. The summed E-state index contributed by atoms with van der Waals surface area (Å²) in [6.07, 6.45) is 7.08. The number of carbonyl (C=O) groups excluding carboxylic acids is 1.